The van der Waals surface area contributed by atoms with E-state index >= 15 is 0 Å². The lowest BCUT2D eigenvalue weighted by atomic mass is 10.1. The molecule has 4 rings (SSSR count). The fourth-order valence-corrected chi connectivity index (χ4v) is 3.30. The topological polar surface area (TPSA) is 81.3 Å². The first-order chi connectivity index (χ1) is 12.6. The van der Waals surface area contributed by atoms with Gasteiger partial charge in [0.1, 0.15) is 23.7 Å². The van der Waals surface area contributed by atoms with E-state index in [2.05, 4.69) is 15.7 Å². The largest absolute Gasteiger partial charge is 0.487 e. The Labute approximate surface area is 151 Å². The Bertz CT molecular complexity index is 938. The van der Waals surface area contributed by atoms with E-state index in [9.17, 15) is 4.79 Å². The van der Waals surface area contributed by atoms with E-state index in [1.54, 1.807) is 4.68 Å². The minimum Gasteiger partial charge on any atom is -0.487 e. The van der Waals surface area contributed by atoms with Crippen LogP contribution in [0.3, 0.4) is 0 Å². The Balaban J connectivity index is 1.56. The molecule has 0 saturated carbocycles. The number of aryl methyl sites for hydroxylation is 2. The number of carbonyl (C=O) groups is 1. The second-order valence-electron chi connectivity index (χ2n) is 6.62. The van der Waals surface area contributed by atoms with Crippen molar-refractivity contribution in [2.75, 3.05) is 13.1 Å². The van der Waals surface area contributed by atoms with Crippen molar-refractivity contribution in [3.8, 4) is 5.75 Å². The van der Waals surface area contributed by atoms with Crippen molar-refractivity contribution in [1.29, 1.82) is 0 Å². The number of nitrogens with one attached hydrogen (secondary N) is 2. The molecule has 7 nitrogen and oxygen atoms in total. The van der Waals surface area contributed by atoms with Gasteiger partial charge in [-0.05, 0) is 44.2 Å². The van der Waals surface area contributed by atoms with Crippen molar-refractivity contribution in [3.05, 3.63) is 47.5 Å². The van der Waals surface area contributed by atoms with Gasteiger partial charge in [-0.3, -0.25) is 9.48 Å². The maximum atomic E-state index is 12.7. The third-order valence-corrected chi connectivity index (χ3v) is 4.61. The highest BCUT2D eigenvalue weighted by atomic mass is 16.5. The van der Waals surface area contributed by atoms with Gasteiger partial charge in [0.05, 0.1) is 11.3 Å². The molecule has 1 fully saturated rings. The molecule has 1 aromatic carbocycles. The molecule has 3 aromatic rings. The van der Waals surface area contributed by atoms with E-state index in [-0.39, 0.29) is 11.9 Å². The van der Waals surface area contributed by atoms with E-state index in [0.717, 1.165) is 30.6 Å². The van der Waals surface area contributed by atoms with Crippen molar-refractivity contribution in [2.45, 2.75) is 26.0 Å². The highest BCUT2D eigenvalue weighted by Crippen LogP contribution is 2.29. The third-order valence-electron chi connectivity index (χ3n) is 4.61. The molecular formula is C19H22N4O3. The van der Waals surface area contributed by atoms with Crippen LogP contribution in [0, 0.1) is 6.92 Å². The molecule has 0 unspecified atom stereocenters. The zero-order chi connectivity index (χ0) is 18.1. The summed E-state index contributed by atoms with van der Waals surface area (Å²) in [5.41, 5.74) is 2.11. The molecule has 0 bridgehead atoms. The Hall–Kier alpha value is -2.80. The van der Waals surface area contributed by atoms with Gasteiger partial charge in [0.25, 0.3) is 5.91 Å². The van der Waals surface area contributed by atoms with Gasteiger partial charge in [0, 0.05) is 31.2 Å². The van der Waals surface area contributed by atoms with Gasteiger partial charge in [-0.2, -0.15) is 5.10 Å². The summed E-state index contributed by atoms with van der Waals surface area (Å²) in [5.74, 6) is 1.20. The number of hydrogen-bond donors (Lipinski definition) is 2. The maximum absolute atomic E-state index is 12.7. The quantitative estimate of drug-likeness (QED) is 0.734. The number of benzene rings is 1. The molecule has 1 aliphatic heterocycles. The Kier molecular flexibility index (Phi) is 4.38. The first kappa shape index (κ1) is 16.7. The summed E-state index contributed by atoms with van der Waals surface area (Å²) in [4.78, 5) is 12.7. The number of nitrogens with zero attached hydrogens (tertiary/aromatic N) is 2. The van der Waals surface area contributed by atoms with E-state index in [1.807, 2.05) is 44.4 Å². The standard InChI is InChI=1S/C19H22N4O3/c1-12-18(19(24)21-13-5-7-20-10-13)16-9-15(3-4-17(16)26-12)25-11-14-6-8-23(2)22-14/h3-4,6,8-9,13,20H,5,7,10-11H2,1-2H3,(H,21,24)/t13-/m0/s1. The minimum atomic E-state index is -0.100. The first-order valence-electron chi connectivity index (χ1n) is 8.76. The van der Waals surface area contributed by atoms with Gasteiger partial charge in [0.15, 0.2) is 0 Å². The molecule has 1 aliphatic rings. The fraction of sp³-hybridized carbons (Fsp3) is 0.368. The van der Waals surface area contributed by atoms with Gasteiger partial charge < -0.3 is 19.8 Å². The van der Waals surface area contributed by atoms with Crippen LogP contribution in [0.5, 0.6) is 5.75 Å². The van der Waals surface area contributed by atoms with Gasteiger partial charge in [-0.25, -0.2) is 0 Å². The molecule has 0 aliphatic carbocycles. The fourth-order valence-electron chi connectivity index (χ4n) is 3.30. The van der Waals surface area contributed by atoms with E-state index in [1.165, 1.54) is 0 Å². The van der Waals surface area contributed by atoms with Crippen molar-refractivity contribution in [3.63, 3.8) is 0 Å². The van der Waals surface area contributed by atoms with E-state index in [0.29, 0.717) is 29.3 Å². The predicted molar refractivity (Wildman–Crippen MR) is 97.2 cm³/mol. The van der Waals surface area contributed by atoms with Crippen LogP contribution in [0.15, 0.2) is 34.9 Å². The molecule has 1 amide bonds. The van der Waals surface area contributed by atoms with Crippen molar-refractivity contribution in [1.82, 2.24) is 20.4 Å². The lowest BCUT2D eigenvalue weighted by Gasteiger charge is -2.11. The van der Waals surface area contributed by atoms with Gasteiger partial charge in [-0.15, -0.1) is 0 Å². The Morgan fingerprint density at radius 3 is 3.08 bits per heavy atom. The average Bonchev–Trinajstić information content (AvgIpc) is 3.32. The highest BCUT2D eigenvalue weighted by molar-refractivity contribution is 6.07. The lowest BCUT2D eigenvalue weighted by Crippen LogP contribution is -2.36. The third kappa shape index (κ3) is 3.30. The van der Waals surface area contributed by atoms with Gasteiger partial charge >= 0.3 is 0 Å². The smallest absolute Gasteiger partial charge is 0.255 e. The number of carbonyl (C=O) groups excluding carboxylic acids is 1. The Morgan fingerprint density at radius 2 is 2.35 bits per heavy atom. The van der Waals surface area contributed by atoms with Crippen LogP contribution in [-0.4, -0.2) is 34.8 Å². The molecule has 0 spiro atoms. The summed E-state index contributed by atoms with van der Waals surface area (Å²) in [7, 11) is 1.87. The number of fused-ring (bicyclic) bond motifs is 1. The number of furan rings is 1. The van der Waals surface area contributed by atoms with Crippen LogP contribution in [0.2, 0.25) is 0 Å². The molecule has 0 radical (unpaired) electrons. The predicted octanol–water partition coefficient (Wildman–Crippen LogP) is 2.15. The van der Waals surface area contributed by atoms with Crippen molar-refractivity contribution < 1.29 is 13.9 Å². The molecule has 2 aromatic heterocycles. The summed E-state index contributed by atoms with van der Waals surface area (Å²) in [6, 6.07) is 7.61. The first-order valence-corrected chi connectivity index (χ1v) is 8.76. The molecular weight excluding hydrogens is 332 g/mol. The molecule has 3 heterocycles. The van der Waals surface area contributed by atoms with Crippen molar-refractivity contribution in [2.24, 2.45) is 7.05 Å². The summed E-state index contributed by atoms with van der Waals surface area (Å²) < 4.78 is 13.3. The summed E-state index contributed by atoms with van der Waals surface area (Å²) in [6.07, 6.45) is 2.82. The average molecular weight is 354 g/mol. The van der Waals surface area contributed by atoms with Crippen LogP contribution >= 0.6 is 0 Å². The number of amides is 1. The number of rotatable bonds is 5. The van der Waals surface area contributed by atoms with Crippen LogP contribution in [-0.2, 0) is 13.7 Å². The van der Waals surface area contributed by atoms with Crippen LogP contribution in [0.25, 0.3) is 11.0 Å². The number of aromatic nitrogens is 2. The second-order valence-corrected chi connectivity index (χ2v) is 6.62. The molecule has 1 saturated heterocycles. The van der Waals surface area contributed by atoms with Crippen LogP contribution in [0.4, 0.5) is 0 Å². The number of ether oxygens (including phenoxy) is 1. The van der Waals surface area contributed by atoms with E-state index < -0.39 is 0 Å². The maximum Gasteiger partial charge on any atom is 0.255 e. The molecule has 1 atom stereocenters. The van der Waals surface area contributed by atoms with Crippen molar-refractivity contribution >= 4 is 16.9 Å². The van der Waals surface area contributed by atoms with Crippen LogP contribution in [0.1, 0.15) is 28.2 Å². The van der Waals surface area contributed by atoms with E-state index in [4.69, 9.17) is 9.15 Å². The normalized spacial score (nSPS) is 16.9. The Morgan fingerprint density at radius 1 is 1.46 bits per heavy atom. The molecule has 136 valence electrons. The lowest BCUT2D eigenvalue weighted by molar-refractivity contribution is 0.0940. The number of hydrogen-bond acceptors (Lipinski definition) is 5. The highest BCUT2D eigenvalue weighted by Gasteiger charge is 2.23. The zero-order valence-electron chi connectivity index (χ0n) is 14.9. The van der Waals surface area contributed by atoms with Crippen LogP contribution < -0.4 is 15.4 Å². The second kappa shape index (κ2) is 6.84. The molecule has 26 heavy (non-hydrogen) atoms. The van der Waals surface area contributed by atoms with Gasteiger partial charge in [-0.1, -0.05) is 0 Å². The summed E-state index contributed by atoms with van der Waals surface area (Å²) in [5, 5.41) is 11.4. The minimum absolute atomic E-state index is 0.100. The monoisotopic (exact) mass is 354 g/mol. The summed E-state index contributed by atoms with van der Waals surface area (Å²) >= 11 is 0. The SMILES string of the molecule is Cc1oc2ccc(OCc3ccn(C)n3)cc2c1C(=O)N[C@H]1CCNC1. The zero-order valence-corrected chi connectivity index (χ0v) is 14.9. The molecule has 2 N–H and O–H groups in total. The molecule has 7 heteroatoms. The van der Waals surface area contributed by atoms with Gasteiger partial charge in [0.2, 0.25) is 0 Å². The summed E-state index contributed by atoms with van der Waals surface area (Å²) in [6.45, 7) is 3.93.